The molecule has 0 bridgehead atoms. The van der Waals surface area contributed by atoms with Gasteiger partial charge in [-0.05, 0) is 19.3 Å². The molecule has 1 aliphatic carbocycles. The molecule has 1 aliphatic rings. The Morgan fingerprint density at radius 1 is 1.27 bits per heavy atom. The summed E-state index contributed by atoms with van der Waals surface area (Å²) in [4.78, 5) is 0. The van der Waals surface area contributed by atoms with Crippen molar-refractivity contribution in [3.63, 3.8) is 0 Å². The van der Waals surface area contributed by atoms with E-state index in [1.807, 2.05) is 7.11 Å². The van der Waals surface area contributed by atoms with Crippen LogP contribution in [0.4, 0.5) is 0 Å². The van der Waals surface area contributed by atoms with E-state index in [-0.39, 0.29) is 0 Å². The van der Waals surface area contributed by atoms with E-state index in [0.29, 0.717) is 6.04 Å². The van der Waals surface area contributed by atoms with Gasteiger partial charge in [0.25, 0.3) is 0 Å². The average Bonchev–Trinajstić information content (AvgIpc) is 2.28. The lowest BCUT2D eigenvalue weighted by molar-refractivity contribution is 0.150. The highest BCUT2D eigenvalue weighted by Gasteiger charge is 2.17. The van der Waals surface area contributed by atoms with Crippen molar-refractivity contribution in [2.75, 3.05) is 13.7 Å². The molecule has 0 heterocycles. The Labute approximate surface area is 94.8 Å². The highest BCUT2D eigenvalue weighted by Crippen LogP contribution is 2.18. The third-order valence-corrected chi connectivity index (χ3v) is 3.35. The van der Waals surface area contributed by atoms with Crippen LogP contribution in [0, 0.1) is 0 Å². The van der Waals surface area contributed by atoms with Crippen LogP contribution < -0.4 is 5.32 Å². The monoisotopic (exact) mass is 213 g/mol. The van der Waals surface area contributed by atoms with E-state index >= 15 is 0 Å². The van der Waals surface area contributed by atoms with E-state index in [1.54, 1.807) is 0 Å². The van der Waals surface area contributed by atoms with Crippen molar-refractivity contribution in [2.24, 2.45) is 0 Å². The van der Waals surface area contributed by atoms with Gasteiger partial charge in [0.05, 0.1) is 6.61 Å². The molecule has 1 atom stereocenters. The summed E-state index contributed by atoms with van der Waals surface area (Å²) in [7, 11) is 1.81. The summed E-state index contributed by atoms with van der Waals surface area (Å²) in [5.74, 6) is 0. The maximum Gasteiger partial charge on any atom is 0.0615 e. The molecular weight excluding hydrogens is 186 g/mol. The SMILES string of the molecule is CCCCC(COC)NC1CCCCC1. The maximum absolute atomic E-state index is 5.28. The predicted octanol–water partition coefficient (Wildman–Crippen LogP) is 3.11. The molecule has 0 aromatic rings. The zero-order valence-corrected chi connectivity index (χ0v) is 10.4. The van der Waals surface area contributed by atoms with Crippen molar-refractivity contribution in [1.82, 2.24) is 5.32 Å². The fraction of sp³-hybridized carbons (Fsp3) is 1.00. The van der Waals surface area contributed by atoms with Gasteiger partial charge >= 0.3 is 0 Å². The van der Waals surface area contributed by atoms with Crippen LogP contribution in [0.1, 0.15) is 58.3 Å². The van der Waals surface area contributed by atoms with Crippen molar-refractivity contribution < 1.29 is 4.74 Å². The smallest absolute Gasteiger partial charge is 0.0615 e. The summed E-state index contributed by atoms with van der Waals surface area (Å²) >= 11 is 0. The molecule has 1 saturated carbocycles. The molecule has 0 radical (unpaired) electrons. The van der Waals surface area contributed by atoms with Crippen LogP contribution in [0.15, 0.2) is 0 Å². The molecule has 0 saturated heterocycles. The molecule has 1 rings (SSSR count). The summed E-state index contributed by atoms with van der Waals surface area (Å²) in [6, 6.07) is 1.34. The van der Waals surface area contributed by atoms with E-state index in [0.717, 1.165) is 12.6 Å². The first kappa shape index (κ1) is 13.0. The second-order valence-electron chi connectivity index (χ2n) is 4.80. The topological polar surface area (TPSA) is 21.3 Å². The molecule has 0 spiro atoms. The molecule has 90 valence electrons. The van der Waals surface area contributed by atoms with Gasteiger partial charge in [0.2, 0.25) is 0 Å². The zero-order chi connectivity index (χ0) is 10.9. The molecule has 0 aromatic heterocycles. The Balaban J connectivity index is 2.21. The van der Waals surface area contributed by atoms with E-state index in [9.17, 15) is 0 Å². The number of nitrogens with one attached hydrogen (secondary N) is 1. The third kappa shape index (κ3) is 5.53. The van der Waals surface area contributed by atoms with E-state index < -0.39 is 0 Å². The molecule has 1 fully saturated rings. The Kier molecular flexibility index (Phi) is 7.03. The van der Waals surface area contributed by atoms with Crippen LogP contribution in [0.5, 0.6) is 0 Å². The Bertz CT molecular complexity index is 143. The maximum atomic E-state index is 5.28. The Morgan fingerprint density at radius 3 is 2.60 bits per heavy atom. The average molecular weight is 213 g/mol. The van der Waals surface area contributed by atoms with E-state index in [1.165, 1.54) is 51.4 Å². The number of hydrogen-bond acceptors (Lipinski definition) is 2. The van der Waals surface area contributed by atoms with Gasteiger partial charge < -0.3 is 10.1 Å². The largest absolute Gasteiger partial charge is 0.383 e. The minimum atomic E-state index is 0.582. The van der Waals surface area contributed by atoms with Gasteiger partial charge in [-0.2, -0.15) is 0 Å². The zero-order valence-electron chi connectivity index (χ0n) is 10.4. The number of rotatable bonds is 7. The number of ether oxygens (including phenoxy) is 1. The first-order valence-corrected chi connectivity index (χ1v) is 6.61. The summed E-state index contributed by atoms with van der Waals surface area (Å²) < 4.78 is 5.28. The van der Waals surface area contributed by atoms with Gasteiger partial charge in [-0.3, -0.25) is 0 Å². The van der Waals surface area contributed by atoms with Crippen molar-refractivity contribution >= 4 is 0 Å². The van der Waals surface area contributed by atoms with Gasteiger partial charge in [-0.25, -0.2) is 0 Å². The predicted molar refractivity (Wildman–Crippen MR) is 65.2 cm³/mol. The van der Waals surface area contributed by atoms with Crippen LogP contribution in [0.2, 0.25) is 0 Å². The molecule has 2 heteroatoms. The molecular formula is C13H27NO. The summed E-state index contributed by atoms with van der Waals surface area (Å²) in [6.45, 7) is 3.13. The second kappa shape index (κ2) is 8.12. The minimum absolute atomic E-state index is 0.582. The van der Waals surface area contributed by atoms with Gasteiger partial charge in [0, 0.05) is 19.2 Å². The molecule has 2 nitrogen and oxygen atoms in total. The Hall–Kier alpha value is -0.0800. The molecule has 0 amide bonds. The fourth-order valence-electron chi connectivity index (χ4n) is 2.47. The van der Waals surface area contributed by atoms with Gasteiger partial charge in [-0.1, -0.05) is 39.0 Å². The van der Waals surface area contributed by atoms with Crippen LogP contribution in [0.25, 0.3) is 0 Å². The van der Waals surface area contributed by atoms with E-state index in [4.69, 9.17) is 4.74 Å². The fourth-order valence-corrected chi connectivity index (χ4v) is 2.47. The van der Waals surface area contributed by atoms with Crippen molar-refractivity contribution in [3.05, 3.63) is 0 Å². The first-order valence-electron chi connectivity index (χ1n) is 6.61. The number of methoxy groups -OCH3 is 1. The normalized spacial score (nSPS) is 20.4. The second-order valence-corrected chi connectivity index (χ2v) is 4.80. The highest BCUT2D eigenvalue weighted by molar-refractivity contribution is 4.77. The van der Waals surface area contributed by atoms with Crippen LogP contribution in [-0.2, 0) is 4.74 Å². The highest BCUT2D eigenvalue weighted by atomic mass is 16.5. The minimum Gasteiger partial charge on any atom is -0.383 e. The standard InChI is InChI=1S/C13H27NO/c1-3-4-8-13(11-15-2)14-12-9-6-5-7-10-12/h12-14H,3-11H2,1-2H3. The molecule has 1 unspecified atom stereocenters. The molecule has 0 aliphatic heterocycles. The van der Waals surface area contributed by atoms with Gasteiger partial charge in [0.15, 0.2) is 0 Å². The van der Waals surface area contributed by atoms with Crippen molar-refractivity contribution in [1.29, 1.82) is 0 Å². The van der Waals surface area contributed by atoms with Crippen molar-refractivity contribution in [2.45, 2.75) is 70.4 Å². The third-order valence-electron chi connectivity index (χ3n) is 3.35. The summed E-state index contributed by atoms with van der Waals surface area (Å²) in [5, 5.41) is 3.77. The van der Waals surface area contributed by atoms with Gasteiger partial charge in [-0.15, -0.1) is 0 Å². The molecule has 1 N–H and O–H groups in total. The number of hydrogen-bond donors (Lipinski definition) is 1. The Morgan fingerprint density at radius 2 is 2.00 bits per heavy atom. The summed E-state index contributed by atoms with van der Waals surface area (Å²) in [5.41, 5.74) is 0. The van der Waals surface area contributed by atoms with Crippen LogP contribution in [0.3, 0.4) is 0 Å². The quantitative estimate of drug-likeness (QED) is 0.701. The number of unbranched alkanes of at least 4 members (excludes halogenated alkanes) is 1. The van der Waals surface area contributed by atoms with Crippen LogP contribution in [-0.4, -0.2) is 25.8 Å². The van der Waals surface area contributed by atoms with Crippen molar-refractivity contribution in [3.8, 4) is 0 Å². The van der Waals surface area contributed by atoms with E-state index in [2.05, 4.69) is 12.2 Å². The summed E-state index contributed by atoms with van der Waals surface area (Å²) in [6.07, 6.45) is 10.8. The lowest BCUT2D eigenvalue weighted by atomic mass is 9.94. The van der Waals surface area contributed by atoms with Gasteiger partial charge in [0.1, 0.15) is 0 Å². The lowest BCUT2D eigenvalue weighted by Gasteiger charge is -2.28. The molecule has 0 aromatic carbocycles. The first-order chi connectivity index (χ1) is 7.36. The molecule has 15 heavy (non-hydrogen) atoms. The lowest BCUT2D eigenvalue weighted by Crippen LogP contribution is -2.41. The van der Waals surface area contributed by atoms with Crippen LogP contribution >= 0.6 is 0 Å².